The maximum Gasteiger partial charge on any atom is 0.307 e. The maximum atomic E-state index is 13.5. The van der Waals surface area contributed by atoms with Gasteiger partial charge >= 0.3 is 5.97 Å². The molecule has 4 aromatic rings. The third-order valence-corrected chi connectivity index (χ3v) is 5.88. The summed E-state index contributed by atoms with van der Waals surface area (Å²) in [5, 5.41) is 25.7. The predicted octanol–water partition coefficient (Wildman–Crippen LogP) is 3.65. The van der Waals surface area contributed by atoms with Gasteiger partial charge in [0, 0.05) is 50.5 Å². The molecule has 0 atom stereocenters. The summed E-state index contributed by atoms with van der Waals surface area (Å²) in [4.78, 5) is 54.0. The number of rotatable bonds is 10. The monoisotopic (exact) mass is 619 g/mol. The number of aryl methyl sites for hydroxylation is 1. The molecule has 0 aliphatic carbocycles. The highest BCUT2D eigenvalue weighted by molar-refractivity contribution is 6.07. The molecular weight excluding hydrogens is 582 g/mol. The van der Waals surface area contributed by atoms with Crippen molar-refractivity contribution in [2.45, 2.75) is 33.7 Å². The highest BCUT2D eigenvalue weighted by Crippen LogP contribution is 2.21. The van der Waals surface area contributed by atoms with Crippen LogP contribution in [0.1, 0.15) is 48.9 Å². The zero-order chi connectivity index (χ0) is 33.5. The number of hydrogen-bond donors (Lipinski definition) is 5. The normalized spacial score (nSPS) is 9.96. The van der Waals surface area contributed by atoms with Crippen LogP contribution in [0.5, 0.6) is 0 Å². The van der Waals surface area contributed by atoms with Gasteiger partial charge in [0.05, 0.1) is 30.6 Å². The van der Waals surface area contributed by atoms with Crippen molar-refractivity contribution < 1.29 is 34.1 Å². The number of aliphatic carboxylic acids is 2. The largest absolute Gasteiger partial charge is 0.481 e. The standard InChI is InChI=1S/C27H29N7O3.2C2H4O2/c1-3-37-25(35)13-15-34(23-6-4-5-14-30-23)27(36)19-9-12-22-21(16-19)32-24(33(22)2)17-31-20-10-7-18(8-11-20)26(28)29;2*1-2(3)4/h4-12,14,16,31H,3,13,15,17H2,1-2H3,(H3,28,29);2*1H3,(H,3,4). The number of ether oxygens (including phenoxy) is 1. The number of nitrogens with two attached hydrogens (primary N) is 1. The second-order valence-electron chi connectivity index (χ2n) is 9.37. The van der Waals surface area contributed by atoms with Gasteiger partial charge in [-0.25, -0.2) is 9.97 Å². The van der Waals surface area contributed by atoms with Crippen molar-refractivity contribution >= 4 is 52.2 Å². The van der Waals surface area contributed by atoms with E-state index in [0.29, 0.717) is 29.0 Å². The zero-order valence-corrected chi connectivity index (χ0v) is 25.5. The molecule has 45 heavy (non-hydrogen) atoms. The molecule has 4 rings (SSSR count). The Kier molecular flexibility index (Phi) is 13.7. The van der Waals surface area contributed by atoms with Gasteiger partial charge in [-0.05, 0) is 61.5 Å². The van der Waals surface area contributed by atoms with E-state index < -0.39 is 11.9 Å². The van der Waals surface area contributed by atoms with E-state index in [0.717, 1.165) is 30.9 Å². The third-order valence-electron chi connectivity index (χ3n) is 5.88. The fraction of sp³-hybridized carbons (Fsp3) is 0.258. The van der Waals surface area contributed by atoms with E-state index in [9.17, 15) is 9.59 Å². The lowest BCUT2D eigenvalue weighted by atomic mass is 10.1. The number of anilines is 2. The summed E-state index contributed by atoms with van der Waals surface area (Å²) in [7, 11) is 1.92. The topological polar surface area (TPSA) is 214 Å². The van der Waals surface area contributed by atoms with Crippen LogP contribution < -0.4 is 16.0 Å². The van der Waals surface area contributed by atoms with Gasteiger partial charge in [0.15, 0.2) is 0 Å². The fourth-order valence-corrected chi connectivity index (χ4v) is 3.92. The van der Waals surface area contributed by atoms with Crippen molar-refractivity contribution in [3.05, 3.63) is 83.8 Å². The van der Waals surface area contributed by atoms with Crippen LogP contribution in [-0.2, 0) is 32.7 Å². The highest BCUT2D eigenvalue weighted by atomic mass is 16.5. The number of amides is 1. The van der Waals surface area contributed by atoms with Crippen LogP contribution in [0.2, 0.25) is 0 Å². The first-order valence-corrected chi connectivity index (χ1v) is 13.7. The Morgan fingerprint density at radius 3 is 2.18 bits per heavy atom. The first kappa shape index (κ1) is 35.4. The quantitative estimate of drug-likeness (QED) is 0.0981. The van der Waals surface area contributed by atoms with E-state index in [1.54, 1.807) is 55.6 Å². The summed E-state index contributed by atoms with van der Waals surface area (Å²) in [6.45, 7) is 4.81. The van der Waals surface area contributed by atoms with Crippen LogP contribution in [0.15, 0.2) is 66.9 Å². The van der Waals surface area contributed by atoms with Crippen LogP contribution in [0.3, 0.4) is 0 Å². The second kappa shape index (κ2) is 17.4. The molecule has 2 aromatic carbocycles. The number of nitrogen functional groups attached to an aromatic ring is 1. The summed E-state index contributed by atoms with van der Waals surface area (Å²) in [6, 6.07) is 18.0. The van der Waals surface area contributed by atoms with Gasteiger partial charge in [-0.1, -0.05) is 6.07 Å². The molecule has 0 saturated heterocycles. The number of nitrogens with zero attached hydrogens (tertiary/aromatic N) is 4. The van der Waals surface area contributed by atoms with Gasteiger partial charge in [0.25, 0.3) is 17.8 Å². The van der Waals surface area contributed by atoms with E-state index >= 15 is 0 Å². The molecule has 0 aliphatic heterocycles. The summed E-state index contributed by atoms with van der Waals surface area (Å²) >= 11 is 0. The average molecular weight is 620 g/mol. The van der Waals surface area contributed by atoms with Crippen LogP contribution >= 0.6 is 0 Å². The van der Waals surface area contributed by atoms with Gasteiger partial charge in [-0.3, -0.25) is 29.5 Å². The number of carboxylic acids is 2. The lowest BCUT2D eigenvalue weighted by molar-refractivity contribution is -0.143. The molecule has 0 bridgehead atoms. The number of carboxylic acid groups (broad SMARTS) is 2. The van der Waals surface area contributed by atoms with Crippen LogP contribution in [0.25, 0.3) is 11.0 Å². The minimum Gasteiger partial charge on any atom is -0.481 e. The Bertz CT molecular complexity index is 1600. The van der Waals surface area contributed by atoms with Gasteiger partial charge in [0.1, 0.15) is 17.5 Å². The molecule has 1 amide bonds. The van der Waals surface area contributed by atoms with E-state index in [4.69, 9.17) is 40.7 Å². The molecule has 238 valence electrons. The van der Waals surface area contributed by atoms with Crippen molar-refractivity contribution in [3.63, 3.8) is 0 Å². The van der Waals surface area contributed by atoms with Gasteiger partial charge < -0.3 is 30.6 Å². The van der Waals surface area contributed by atoms with Crippen LogP contribution in [-0.4, -0.2) is 67.6 Å². The molecule has 6 N–H and O–H groups in total. The molecule has 0 fully saturated rings. The lowest BCUT2D eigenvalue weighted by Gasteiger charge is -2.21. The second-order valence-corrected chi connectivity index (χ2v) is 9.37. The van der Waals surface area contributed by atoms with Crippen molar-refractivity contribution in [2.24, 2.45) is 12.8 Å². The summed E-state index contributed by atoms with van der Waals surface area (Å²) < 4.78 is 7.00. The number of benzene rings is 2. The Morgan fingerprint density at radius 1 is 1.00 bits per heavy atom. The Labute approximate surface area is 260 Å². The average Bonchev–Trinajstić information content (AvgIpc) is 3.30. The SMILES string of the molecule is CC(=O)O.CC(=O)O.CCOC(=O)CCN(C(=O)c1ccc2c(c1)nc(CNc1ccc(C(=N)N)cc1)n2C)c1ccccn1. The molecule has 0 saturated carbocycles. The minimum absolute atomic E-state index is 0.0229. The lowest BCUT2D eigenvalue weighted by Crippen LogP contribution is -2.34. The number of carbonyl (C=O) groups is 4. The number of fused-ring (bicyclic) bond motifs is 1. The van der Waals surface area contributed by atoms with Crippen molar-refractivity contribution in [3.8, 4) is 0 Å². The molecule has 0 unspecified atom stereocenters. The van der Waals surface area contributed by atoms with Crippen molar-refractivity contribution in [2.75, 3.05) is 23.4 Å². The minimum atomic E-state index is -0.833. The molecule has 0 radical (unpaired) electrons. The van der Waals surface area contributed by atoms with E-state index in [-0.39, 0.29) is 37.3 Å². The van der Waals surface area contributed by atoms with E-state index in [1.165, 1.54) is 4.90 Å². The van der Waals surface area contributed by atoms with Gasteiger partial charge in [-0.2, -0.15) is 0 Å². The summed E-state index contributed by atoms with van der Waals surface area (Å²) in [5.74, 6) is -1.04. The molecule has 0 spiro atoms. The number of hydrogen-bond acceptors (Lipinski definition) is 9. The first-order chi connectivity index (χ1) is 21.3. The van der Waals surface area contributed by atoms with E-state index in [2.05, 4.69) is 10.3 Å². The zero-order valence-electron chi connectivity index (χ0n) is 25.5. The Morgan fingerprint density at radius 2 is 1.62 bits per heavy atom. The molecule has 14 heteroatoms. The van der Waals surface area contributed by atoms with Crippen LogP contribution in [0.4, 0.5) is 11.5 Å². The molecule has 14 nitrogen and oxygen atoms in total. The predicted molar refractivity (Wildman–Crippen MR) is 169 cm³/mol. The van der Waals surface area contributed by atoms with E-state index in [1.807, 2.05) is 29.8 Å². The number of carbonyl (C=O) groups excluding carboxylic acids is 2. The Hall–Kier alpha value is -5.79. The smallest absolute Gasteiger partial charge is 0.307 e. The molecule has 2 heterocycles. The third kappa shape index (κ3) is 11.4. The van der Waals surface area contributed by atoms with Crippen molar-refractivity contribution in [1.29, 1.82) is 5.41 Å². The number of aromatic nitrogens is 3. The number of pyridine rings is 1. The van der Waals surface area contributed by atoms with Crippen LogP contribution in [0, 0.1) is 5.41 Å². The fourth-order valence-electron chi connectivity index (χ4n) is 3.92. The number of esters is 1. The molecular formula is C31H37N7O7. The van der Waals surface area contributed by atoms with Gasteiger partial charge in [0.2, 0.25) is 0 Å². The Balaban J connectivity index is 0.000000789. The molecule has 2 aromatic heterocycles. The van der Waals surface area contributed by atoms with Gasteiger partial charge in [-0.15, -0.1) is 0 Å². The molecule has 0 aliphatic rings. The highest BCUT2D eigenvalue weighted by Gasteiger charge is 2.21. The summed E-state index contributed by atoms with van der Waals surface area (Å²) in [5.41, 5.74) is 9.07. The summed E-state index contributed by atoms with van der Waals surface area (Å²) in [6.07, 6.45) is 1.67. The number of amidine groups is 1. The maximum absolute atomic E-state index is 13.5. The number of nitrogens with one attached hydrogen (secondary N) is 2. The first-order valence-electron chi connectivity index (χ1n) is 13.7. The number of imidazole rings is 1. The van der Waals surface area contributed by atoms with Crippen molar-refractivity contribution in [1.82, 2.24) is 14.5 Å².